The van der Waals surface area contributed by atoms with E-state index in [0.717, 1.165) is 22.4 Å². The fourth-order valence-electron chi connectivity index (χ4n) is 8.01. The quantitative estimate of drug-likeness (QED) is 0.0947. The zero-order valence-electron chi connectivity index (χ0n) is 42.4. The van der Waals surface area contributed by atoms with Gasteiger partial charge in [-0.3, -0.25) is 0 Å². The second kappa shape index (κ2) is 22.9. The van der Waals surface area contributed by atoms with Gasteiger partial charge in [-0.05, 0) is 35.8 Å². The number of fused-ring (bicyclic) bond motifs is 2. The summed E-state index contributed by atoms with van der Waals surface area (Å²) >= 11 is -0.826. The second-order valence-corrected chi connectivity index (χ2v) is 47.0. The van der Waals surface area contributed by atoms with Gasteiger partial charge in [0, 0.05) is 9.52 Å². The van der Waals surface area contributed by atoms with Crippen LogP contribution in [0.15, 0.2) is 84.9 Å². The number of aryl methyl sites for hydroxylation is 2. The predicted octanol–water partition coefficient (Wildman–Crippen LogP) is 16.2. The van der Waals surface area contributed by atoms with E-state index >= 15 is 0 Å². The van der Waals surface area contributed by atoms with E-state index in [9.17, 15) is 0 Å². The average Bonchev–Trinajstić information content (AvgIpc) is 3.80. The summed E-state index contributed by atoms with van der Waals surface area (Å²) in [5.41, 5.74) is 11.7. The predicted molar refractivity (Wildman–Crippen MR) is 298 cm³/mol. The Morgan fingerprint density at radius 3 is 0.952 bits per heavy atom. The van der Waals surface area contributed by atoms with Gasteiger partial charge in [-0.15, -0.1) is 69.1 Å². The van der Waals surface area contributed by atoms with Gasteiger partial charge in [0.05, 0.1) is 32.3 Å². The van der Waals surface area contributed by atoms with Crippen LogP contribution >= 0.6 is 17.0 Å². The first-order chi connectivity index (χ1) is 28.7. The van der Waals surface area contributed by atoms with Crippen molar-refractivity contribution in [2.45, 2.75) is 158 Å². The Hall–Kier alpha value is -1.35. The number of benzene rings is 4. The van der Waals surface area contributed by atoms with E-state index in [4.69, 9.17) is 17.0 Å². The van der Waals surface area contributed by atoms with E-state index in [0.29, 0.717) is 11.8 Å². The Bertz CT molecular complexity index is 2140. The first kappa shape index (κ1) is 55.0. The minimum absolute atomic E-state index is 0.519. The second-order valence-electron chi connectivity index (χ2n) is 22.0. The summed E-state index contributed by atoms with van der Waals surface area (Å²) in [5.74, 6) is 1.04. The molecule has 0 nitrogen and oxygen atoms in total. The molecule has 0 saturated carbocycles. The molecule has 334 valence electrons. The summed E-state index contributed by atoms with van der Waals surface area (Å²) < 4.78 is 0. The molecule has 0 fully saturated rings. The Labute approximate surface area is 405 Å². The number of rotatable bonds is 10. The van der Waals surface area contributed by atoms with Crippen LogP contribution < -0.4 is 20.7 Å². The van der Waals surface area contributed by atoms with E-state index in [1.54, 1.807) is 20.7 Å². The molecule has 8 heteroatoms. The van der Waals surface area contributed by atoms with Crippen LogP contribution in [0.4, 0.5) is 0 Å². The van der Waals surface area contributed by atoms with Crippen LogP contribution in [-0.4, -0.2) is 41.8 Å². The Morgan fingerprint density at radius 2 is 0.742 bits per heavy atom. The van der Waals surface area contributed by atoms with Gasteiger partial charge >= 0.3 is 37.9 Å². The van der Waals surface area contributed by atoms with Crippen molar-refractivity contribution in [1.82, 2.24) is 0 Å². The van der Waals surface area contributed by atoms with E-state index in [-0.39, 0.29) is 0 Å². The summed E-state index contributed by atoms with van der Waals surface area (Å²) in [6.07, 6.45) is 2.19. The summed E-state index contributed by atoms with van der Waals surface area (Å²) in [5, 5.41) is 12.0. The third kappa shape index (κ3) is 14.3. The van der Waals surface area contributed by atoms with Crippen LogP contribution in [-0.2, 0) is 33.7 Å². The molecule has 0 amide bonds. The summed E-state index contributed by atoms with van der Waals surface area (Å²) in [6, 6.07) is 34.2. The number of hydrogen-bond donors (Lipinski definition) is 0. The van der Waals surface area contributed by atoms with Crippen LogP contribution in [0.5, 0.6) is 0 Å². The van der Waals surface area contributed by atoms with Crippen molar-refractivity contribution >= 4 is 101 Å². The molecule has 0 aliphatic rings. The van der Waals surface area contributed by atoms with Gasteiger partial charge in [0.2, 0.25) is 0 Å². The Kier molecular flexibility index (Phi) is 20.3. The van der Waals surface area contributed by atoms with Crippen LogP contribution in [0.2, 0.25) is 91.7 Å². The molecule has 0 N–H and O–H groups in total. The van der Waals surface area contributed by atoms with Gasteiger partial charge in [-0.1, -0.05) is 213 Å². The Balaban J connectivity index is 0.000000293. The fraction of sp³-hybridized carbons (Fsp3) is 0.444. The molecule has 0 aromatic heterocycles. The summed E-state index contributed by atoms with van der Waals surface area (Å²) in [6.45, 7) is 47.8. The molecule has 6 aromatic rings. The molecule has 0 unspecified atom stereocenters. The molecule has 0 saturated heterocycles. The topological polar surface area (TPSA) is 0 Å². The number of halogens is 2. The van der Waals surface area contributed by atoms with Crippen LogP contribution in [0, 0.1) is 0 Å². The Morgan fingerprint density at radius 1 is 0.484 bits per heavy atom. The van der Waals surface area contributed by atoms with Crippen molar-refractivity contribution in [1.29, 1.82) is 0 Å². The van der Waals surface area contributed by atoms with Crippen LogP contribution in [0.1, 0.15) is 75.6 Å². The van der Waals surface area contributed by atoms with Gasteiger partial charge in [-0.2, -0.15) is 12.1 Å². The average molecular weight is 1030 g/mol. The molecule has 6 aromatic carbocycles. The standard InChI is InChI=1S/2C26H37Si2.C2H6Si.2ClH.Zr/c2*1-10-19-13-20-11-12-24(18(2)3)26(25(20)14-19)21-15-22(27(4,5)6)17-23(16-21)28(7,8)9;1-3-2;;;/h2*11-18H,10H2,1-9H3;1-2H3;2*1H;/q2*-1;;;;+4/p-2. The van der Waals surface area contributed by atoms with E-state index in [2.05, 4.69) is 218 Å². The third-order valence-corrected chi connectivity index (χ3v) is 20.0. The summed E-state index contributed by atoms with van der Waals surface area (Å²) in [7, 11) is 5.35. The van der Waals surface area contributed by atoms with Gasteiger partial charge in [-0.25, -0.2) is 0 Å². The maximum absolute atomic E-state index is 4.93. The monoisotopic (exact) mass is 1030 g/mol. The normalized spacial score (nSPS) is 12.1. The zero-order valence-corrected chi connectivity index (χ0v) is 51.4. The minimum atomic E-state index is -1.40. The van der Waals surface area contributed by atoms with E-state index in [1.165, 1.54) is 66.1 Å². The van der Waals surface area contributed by atoms with Gasteiger partial charge in [0.15, 0.2) is 0 Å². The maximum atomic E-state index is 4.93. The summed E-state index contributed by atoms with van der Waals surface area (Å²) in [4.78, 5) is 0. The van der Waals surface area contributed by atoms with Crippen molar-refractivity contribution in [3.8, 4) is 22.3 Å². The van der Waals surface area contributed by atoms with Crippen molar-refractivity contribution in [3.63, 3.8) is 0 Å². The molecule has 0 bridgehead atoms. The molecule has 2 radical (unpaired) electrons. The van der Waals surface area contributed by atoms with Gasteiger partial charge < -0.3 is 0 Å². The van der Waals surface area contributed by atoms with Crippen LogP contribution in [0.25, 0.3) is 43.8 Å². The van der Waals surface area contributed by atoms with Crippen molar-refractivity contribution < 1.29 is 20.8 Å². The molecular formula is C54H80Cl2Si5Zr. The first-order valence-corrected chi connectivity index (χ1v) is 45.3. The SMILES string of the molecule is CCc1cc2c(-c3cc([Si](C)(C)C)cc([Si](C)(C)C)c3)c(C(C)C)ccc2[cH-]1.CCc1cc2c(-c3cc([Si](C)(C)C)cc([Si](C)(C)C)c3)c(C(C)C)ccc2[cH-]1.C[Si]C.[Cl][Zr+2][Cl]. The molecule has 0 aliphatic carbocycles. The molecular weight excluding hydrogens is 951 g/mol. The van der Waals surface area contributed by atoms with Crippen LogP contribution in [0.3, 0.4) is 0 Å². The van der Waals surface area contributed by atoms with E-state index in [1.807, 2.05) is 0 Å². The van der Waals surface area contributed by atoms with Crippen molar-refractivity contribution in [3.05, 3.63) is 107 Å². The molecule has 6 rings (SSSR count). The first-order valence-electron chi connectivity index (χ1n) is 23.0. The fourth-order valence-corrected chi connectivity index (χ4v) is 13.0. The molecule has 0 aliphatic heterocycles. The molecule has 62 heavy (non-hydrogen) atoms. The van der Waals surface area contributed by atoms with Gasteiger partial charge in [0.25, 0.3) is 0 Å². The van der Waals surface area contributed by atoms with Crippen molar-refractivity contribution in [2.75, 3.05) is 0 Å². The van der Waals surface area contributed by atoms with Crippen molar-refractivity contribution in [2.24, 2.45) is 0 Å². The molecule has 0 atom stereocenters. The van der Waals surface area contributed by atoms with Gasteiger partial charge in [0.1, 0.15) is 0 Å². The third-order valence-electron chi connectivity index (χ3n) is 11.9. The molecule has 0 spiro atoms. The van der Waals surface area contributed by atoms with E-state index < -0.39 is 53.1 Å². The zero-order chi connectivity index (χ0) is 47.1. The molecule has 0 heterocycles. The number of hydrogen-bond acceptors (Lipinski definition) is 0.